The molecule has 0 radical (unpaired) electrons. The van der Waals surface area contributed by atoms with E-state index in [0.717, 1.165) is 24.5 Å². The van der Waals surface area contributed by atoms with Gasteiger partial charge in [0.1, 0.15) is 11.6 Å². The number of aromatic nitrogens is 5. The quantitative estimate of drug-likeness (QED) is 0.249. The van der Waals surface area contributed by atoms with E-state index in [0.29, 0.717) is 64.3 Å². The zero-order valence-electron chi connectivity index (χ0n) is 19.7. The molecule has 5 rings (SSSR count). The van der Waals surface area contributed by atoms with Crippen molar-refractivity contribution in [3.8, 4) is 11.3 Å². The number of likely N-dealkylation sites (tertiary alicyclic amines) is 1. The number of anilines is 4. The summed E-state index contributed by atoms with van der Waals surface area (Å²) >= 11 is 12.6. The van der Waals surface area contributed by atoms with E-state index in [-0.39, 0.29) is 0 Å². The molecule has 0 amide bonds. The van der Waals surface area contributed by atoms with Gasteiger partial charge < -0.3 is 22.1 Å². The standard InChI is InChI=1S/C24H28Cl2N10/c25-15-4-5-16(17(26)12-15)19-13-22-32-21(14-35-10-2-1-3-11-35)34-36(22)24(31-19)30-9-8-29-20-7-6-18(27)23(28)33-20/h4-7,12-13H,1-3,8-11,14,27H2,(H,30,31)(H3,28,29,33). The molecule has 6 N–H and O–H groups in total. The van der Waals surface area contributed by atoms with Gasteiger partial charge in [0.05, 0.1) is 22.9 Å². The van der Waals surface area contributed by atoms with E-state index in [4.69, 9.17) is 49.7 Å². The maximum atomic E-state index is 6.49. The third-order valence-corrected chi connectivity index (χ3v) is 6.61. The maximum absolute atomic E-state index is 6.49. The fourth-order valence-corrected chi connectivity index (χ4v) is 4.72. The predicted molar refractivity (Wildman–Crippen MR) is 145 cm³/mol. The first-order valence-electron chi connectivity index (χ1n) is 11.9. The molecule has 1 aromatic carbocycles. The van der Waals surface area contributed by atoms with Crippen LogP contribution in [0.1, 0.15) is 25.1 Å². The van der Waals surface area contributed by atoms with E-state index in [9.17, 15) is 0 Å². The highest BCUT2D eigenvalue weighted by atomic mass is 35.5. The van der Waals surface area contributed by atoms with Gasteiger partial charge in [0.25, 0.3) is 0 Å². The molecule has 10 nitrogen and oxygen atoms in total. The minimum absolute atomic E-state index is 0.299. The van der Waals surface area contributed by atoms with Crippen LogP contribution in [0.25, 0.3) is 16.9 Å². The van der Waals surface area contributed by atoms with Gasteiger partial charge in [-0.2, -0.15) is 4.52 Å². The molecule has 4 heterocycles. The number of nitrogens with one attached hydrogen (secondary N) is 2. The molecule has 3 aromatic heterocycles. The lowest BCUT2D eigenvalue weighted by molar-refractivity contribution is 0.216. The molecule has 188 valence electrons. The minimum Gasteiger partial charge on any atom is -0.396 e. The minimum atomic E-state index is 0.299. The molecule has 1 saturated heterocycles. The highest BCUT2D eigenvalue weighted by Gasteiger charge is 2.17. The average Bonchev–Trinajstić information content (AvgIpc) is 3.27. The Bertz CT molecular complexity index is 1370. The fourth-order valence-electron chi connectivity index (χ4n) is 4.22. The van der Waals surface area contributed by atoms with Crippen LogP contribution in [0.3, 0.4) is 0 Å². The highest BCUT2D eigenvalue weighted by Crippen LogP contribution is 2.30. The molecule has 0 bridgehead atoms. The number of hydrogen-bond donors (Lipinski definition) is 4. The summed E-state index contributed by atoms with van der Waals surface area (Å²) in [6.45, 7) is 3.97. The Morgan fingerprint density at radius 2 is 1.69 bits per heavy atom. The molecule has 12 heteroatoms. The van der Waals surface area contributed by atoms with Crippen LogP contribution in [-0.4, -0.2) is 55.6 Å². The SMILES string of the molecule is Nc1ccc(NCCNc2nc(-c3ccc(Cl)cc3Cl)cc3nc(CN4CCCCC4)nn23)nc1N. The number of rotatable bonds is 8. The first kappa shape index (κ1) is 24.4. The van der Waals surface area contributed by atoms with Gasteiger partial charge in [-0.1, -0.05) is 29.6 Å². The number of nitrogens with zero attached hydrogens (tertiary/aromatic N) is 6. The molecule has 0 spiro atoms. The Hall–Kier alpha value is -3.34. The molecule has 1 fully saturated rings. The van der Waals surface area contributed by atoms with Crippen LogP contribution in [0.5, 0.6) is 0 Å². The number of nitrogen functional groups attached to an aromatic ring is 2. The largest absolute Gasteiger partial charge is 0.396 e. The normalized spacial score (nSPS) is 14.3. The van der Waals surface area contributed by atoms with Crippen molar-refractivity contribution < 1.29 is 0 Å². The van der Waals surface area contributed by atoms with Crippen LogP contribution >= 0.6 is 23.2 Å². The third-order valence-electron chi connectivity index (χ3n) is 6.06. The lowest BCUT2D eigenvalue weighted by atomic mass is 10.1. The van der Waals surface area contributed by atoms with Crippen molar-refractivity contribution in [2.75, 3.05) is 48.3 Å². The second-order valence-corrected chi connectivity index (χ2v) is 9.59. The van der Waals surface area contributed by atoms with Crippen molar-refractivity contribution in [2.45, 2.75) is 25.8 Å². The number of halogens is 2. The zero-order valence-corrected chi connectivity index (χ0v) is 21.2. The summed E-state index contributed by atoms with van der Waals surface area (Å²) in [5, 5.41) is 12.4. The van der Waals surface area contributed by atoms with Gasteiger partial charge in [0.2, 0.25) is 5.95 Å². The average molecular weight is 527 g/mol. The van der Waals surface area contributed by atoms with Gasteiger partial charge in [-0.05, 0) is 56.3 Å². The summed E-state index contributed by atoms with van der Waals surface area (Å²) in [7, 11) is 0. The molecular formula is C24H28Cl2N10. The smallest absolute Gasteiger partial charge is 0.226 e. The molecule has 36 heavy (non-hydrogen) atoms. The first-order chi connectivity index (χ1) is 17.5. The Morgan fingerprint density at radius 1 is 0.889 bits per heavy atom. The van der Waals surface area contributed by atoms with Crippen LogP contribution < -0.4 is 22.1 Å². The molecular weight excluding hydrogens is 499 g/mol. The second kappa shape index (κ2) is 10.7. The van der Waals surface area contributed by atoms with Gasteiger partial charge in [0, 0.05) is 29.7 Å². The van der Waals surface area contributed by atoms with E-state index >= 15 is 0 Å². The Labute approximate surface area is 219 Å². The van der Waals surface area contributed by atoms with Crippen molar-refractivity contribution in [1.29, 1.82) is 0 Å². The molecule has 0 unspecified atom stereocenters. The van der Waals surface area contributed by atoms with Crippen molar-refractivity contribution in [2.24, 2.45) is 0 Å². The van der Waals surface area contributed by atoms with E-state index in [1.165, 1.54) is 19.3 Å². The third kappa shape index (κ3) is 5.56. The number of piperidine rings is 1. The van der Waals surface area contributed by atoms with Crippen LogP contribution in [-0.2, 0) is 6.54 Å². The Kier molecular flexibility index (Phi) is 7.26. The van der Waals surface area contributed by atoms with E-state index in [1.54, 1.807) is 28.8 Å². The summed E-state index contributed by atoms with van der Waals surface area (Å²) < 4.78 is 1.74. The van der Waals surface area contributed by atoms with Crippen molar-refractivity contribution in [1.82, 2.24) is 29.5 Å². The van der Waals surface area contributed by atoms with E-state index in [2.05, 4.69) is 20.5 Å². The summed E-state index contributed by atoms with van der Waals surface area (Å²) in [6, 6.07) is 10.8. The van der Waals surface area contributed by atoms with Gasteiger partial charge >= 0.3 is 0 Å². The number of pyridine rings is 1. The molecule has 0 saturated carbocycles. The number of benzene rings is 1. The van der Waals surface area contributed by atoms with Gasteiger partial charge in [0.15, 0.2) is 11.5 Å². The number of fused-ring (bicyclic) bond motifs is 1. The maximum Gasteiger partial charge on any atom is 0.226 e. The van der Waals surface area contributed by atoms with Crippen molar-refractivity contribution in [3.05, 3.63) is 52.3 Å². The Balaban J connectivity index is 1.39. The number of nitrogens with two attached hydrogens (primary N) is 2. The van der Waals surface area contributed by atoms with E-state index < -0.39 is 0 Å². The van der Waals surface area contributed by atoms with Crippen molar-refractivity contribution in [3.63, 3.8) is 0 Å². The van der Waals surface area contributed by atoms with Crippen LogP contribution in [0, 0.1) is 0 Å². The van der Waals surface area contributed by atoms with E-state index in [1.807, 2.05) is 12.1 Å². The summed E-state index contributed by atoms with van der Waals surface area (Å²) in [5.74, 6) is 2.28. The van der Waals surface area contributed by atoms with Crippen LogP contribution in [0.15, 0.2) is 36.4 Å². The Morgan fingerprint density at radius 3 is 2.47 bits per heavy atom. The monoisotopic (exact) mass is 526 g/mol. The lowest BCUT2D eigenvalue weighted by Crippen LogP contribution is -2.29. The molecule has 1 aliphatic heterocycles. The van der Waals surface area contributed by atoms with Gasteiger partial charge in [-0.15, -0.1) is 5.10 Å². The van der Waals surface area contributed by atoms with Crippen LogP contribution in [0.2, 0.25) is 10.0 Å². The first-order valence-corrected chi connectivity index (χ1v) is 12.7. The molecule has 0 atom stereocenters. The fraction of sp³-hybridized carbons (Fsp3) is 0.333. The summed E-state index contributed by atoms with van der Waals surface area (Å²) in [6.07, 6.45) is 3.70. The van der Waals surface area contributed by atoms with Gasteiger partial charge in [-0.3, -0.25) is 4.90 Å². The highest BCUT2D eigenvalue weighted by molar-refractivity contribution is 6.36. The lowest BCUT2D eigenvalue weighted by Gasteiger charge is -2.24. The van der Waals surface area contributed by atoms with Gasteiger partial charge in [-0.25, -0.2) is 15.0 Å². The molecule has 4 aromatic rings. The summed E-state index contributed by atoms with van der Waals surface area (Å²) in [5.41, 5.74) is 14.1. The predicted octanol–water partition coefficient (Wildman–Crippen LogP) is 4.17. The van der Waals surface area contributed by atoms with Crippen LogP contribution in [0.4, 0.5) is 23.3 Å². The molecule has 1 aliphatic rings. The van der Waals surface area contributed by atoms with Crippen molar-refractivity contribution >= 4 is 52.1 Å². The summed E-state index contributed by atoms with van der Waals surface area (Å²) in [4.78, 5) is 16.3. The number of hydrogen-bond acceptors (Lipinski definition) is 9. The molecule has 0 aliphatic carbocycles. The zero-order chi connectivity index (χ0) is 25.1. The topological polar surface area (TPSA) is 135 Å². The second-order valence-electron chi connectivity index (χ2n) is 8.75.